The minimum atomic E-state index is -0.181. The van der Waals surface area contributed by atoms with E-state index in [1.54, 1.807) is 6.07 Å². The third kappa shape index (κ3) is 2.51. The second kappa shape index (κ2) is 5.27. The number of rotatable bonds is 4. The average molecular weight is 224 g/mol. The molecule has 0 amide bonds. The van der Waals surface area contributed by atoms with Crippen LogP contribution in [-0.4, -0.2) is 19.7 Å². The van der Waals surface area contributed by atoms with Crippen LogP contribution in [0.3, 0.4) is 0 Å². The molecule has 3 nitrogen and oxygen atoms in total. The summed E-state index contributed by atoms with van der Waals surface area (Å²) in [5.41, 5.74) is 2.10. The van der Waals surface area contributed by atoms with E-state index >= 15 is 0 Å². The van der Waals surface area contributed by atoms with E-state index in [0.29, 0.717) is 6.61 Å². The topological polar surface area (TPSA) is 38.5 Å². The first-order valence-electron chi connectivity index (χ1n) is 5.66. The fraction of sp³-hybridized carbons (Fsp3) is 0.500. The summed E-state index contributed by atoms with van der Waals surface area (Å²) in [5, 5.41) is 0. The van der Waals surface area contributed by atoms with Crippen molar-refractivity contribution in [2.24, 2.45) is 5.90 Å². The Hall–Kier alpha value is -1.13. The smallest absolute Gasteiger partial charge is 0.125 e. The van der Waals surface area contributed by atoms with Crippen LogP contribution in [0, 0.1) is 5.82 Å². The van der Waals surface area contributed by atoms with Crippen LogP contribution in [-0.2, 0) is 11.3 Å². The van der Waals surface area contributed by atoms with Crippen molar-refractivity contribution >= 4 is 5.69 Å². The van der Waals surface area contributed by atoms with E-state index in [2.05, 4.69) is 9.74 Å². The number of benzene rings is 1. The maximum Gasteiger partial charge on any atom is 0.125 e. The van der Waals surface area contributed by atoms with Crippen molar-refractivity contribution in [1.29, 1.82) is 0 Å². The summed E-state index contributed by atoms with van der Waals surface area (Å²) in [4.78, 5) is 6.81. The van der Waals surface area contributed by atoms with Gasteiger partial charge in [-0.2, -0.15) is 0 Å². The van der Waals surface area contributed by atoms with E-state index < -0.39 is 0 Å². The molecule has 1 aromatic carbocycles. The lowest BCUT2D eigenvalue weighted by molar-refractivity contribution is 0.141. The molecule has 4 heteroatoms. The van der Waals surface area contributed by atoms with Gasteiger partial charge < -0.3 is 9.74 Å². The molecule has 1 aromatic rings. The van der Waals surface area contributed by atoms with Gasteiger partial charge in [0.1, 0.15) is 5.82 Å². The Morgan fingerprint density at radius 3 is 2.75 bits per heavy atom. The molecule has 16 heavy (non-hydrogen) atoms. The molecule has 0 atom stereocenters. The lowest BCUT2D eigenvalue weighted by atomic mass is 10.1. The summed E-state index contributed by atoms with van der Waals surface area (Å²) >= 11 is 0. The third-order valence-corrected chi connectivity index (χ3v) is 2.98. The number of nitrogens with zero attached hydrogens (tertiary/aromatic N) is 1. The quantitative estimate of drug-likeness (QED) is 0.793. The molecule has 0 unspecified atom stereocenters. The van der Waals surface area contributed by atoms with Crippen LogP contribution in [0.1, 0.15) is 18.4 Å². The van der Waals surface area contributed by atoms with Crippen LogP contribution >= 0.6 is 0 Å². The molecule has 1 aliphatic rings. The number of nitrogens with two attached hydrogens (primary N) is 1. The van der Waals surface area contributed by atoms with E-state index in [4.69, 9.17) is 5.90 Å². The van der Waals surface area contributed by atoms with E-state index in [-0.39, 0.29) is 5.82 Å². The minimum absolute atomic E-state index is 0.181. The fourth-order valence-electron chi connectivity index (χ4n) is 2.17. The summed E-state index contributed by atoms with van der Waals surface area (Å²) in [6, 6.07) is 4.92. The molecule has 0 saturated carbocycles. The molecule has 1 aliphatic heterocycles. The lowest BCUT2D eigenvalue weighted by Crippen LogP contribution is -2.20. The minimum Gasteiger partial charge on any atom is -0.371 e. The predicted octanol–water partition coefficient (Wildman–Crippen LogP) is 1.86. The second-order valence-corrected chi connectivity index (χ2v) is 4.09. The first-order chi connectivity index (χ1) is 7.81. The Kier molecular flexibility index (Phi) is 3.74. The maximum absolute atomic E-state index is 13.2. The van der Waals surface area contributed by atoms with Crippen LogP contribution in [0.4, 0.5) is 10.1 Å². The molecule has 2 rings (SSSR count). The Balaban J connectivity index is 2.21. The Morgan fingerprint density at radius 2 is 2.06 bits per heavy atom. The van der Waals surface area contributed by atoms with E-state index in [1.165, 1.54) is 18.9 Å². The highest BCUT2D eigenvalue weighted by molar-refractivity contribution is 5.54. The molecule has 2 N–H and O–H groups in total. The second-order valence-electron chi connectivity index (χ2n) is 4.09. The Labute approximate surface area is 94.9 Å². The summed E-state index contributed by atoms with van der Waals surface area (Å²) in [6.45, 7) is 2.49. The van der Waals surface area contributed by atoms with Gasteiger partial charge >= 0.3 is 0 Å². The summed E-state index contributed by atoms with van der Waals surface area (Å²) < 4.78 is 13.2. The van der Waals surface area contributed by atoms with Gasteiger partial charge in [-0.3, -0.25) is 0 Å². The lowest BCUT2D eigenvalue weighted by Gasteiger charge is -2.21. The zero-order valence-electron chi connectivity index (χ0n) is 9.29. The van der Waals surface area contributed by atoms with Crippen LogP contribution < -0.4 is 10.8 Å². The number of anilines is 1. The van der Waals surface area contributed by atoms with Crippen molar-refractivity contribution in [3.05, 3.63) is 29.6 Å². The zero-order chi connectivity index (χ0) is 11.4. The molecule has 0 bridgehead atoms. The van der Waals surface area contributed by atoms with Gasteiger partial charge in [-0.1, -0.05) is 6.07 Å². The van der Waals surface area contributed by atoms with Crippen molar-refractivity contribution < 1.29 is 9.23 Å². The molecule has 88 valence electrons. The SMILES string of the molecule is NOCCc1ccc(F)cc1N1CCCC1. The predicted molar refractivity (Wildman–Crippen MR) is 61.7 cm³/mol. The molecule has 0 aromatic heterocycles. The van der Waals surface area contributed by atoms with Gasteiger partial charge in [0.25, 0.3) is 0 Å². The average Bonchev–Trinajstić information content (AvgIpc) is 2.80. The number of halogens is 1. The molecule has 0 spiro atoms. The summed E-state index contributed by atoms with van der Waals surface area (Å²) in [5.74, 6) is 4.84. The molecule has 0 radical (unpaired) electrons. The van der Waals surface area contributed by atoms with Crippen LogP contribution in [0.15, 0.2) is 18.2 Å². The highest BCUT2D eigenvalue weighted by Crippen LogP contribution is 2.26. The Bertz CT molecular complexity index is 351. The van der Waals surface area contributed by atoms with Crippen molar-refractivity contribution in [3.8, 4) is 0 Å². The molecule has 1 fully saturated rings. The van der Waals surface area contributed by atoms with Gasteiger partial charge in [0.05, 0.1) is 6.61 Å². The molecular weight excluding hydrogens is 207 g/mol. The zero-order valence-corrected chi connectivity index (χ0v) is 9.29. The van der Waals surface area contributed by atoms with E-state index in [1.807, 2.05) is 6.07 Å². The highest BCUT2D eigenvalue weighted by atomic mass is 19.1. The standard InChI is InChI=1S/C12H17FN2O/c13-11-4-3-10(5-8-16-14)12(9-11)15-6-1-2-7-15/h3-4,9H,1-2,5-8,14H2. The van der Waals surface area contributed by atoms with E-state index in [9.17, 15) is 4.39 Å². The summed E-state index contributed by atoms with van der Waals surface area (Å²) in [6.07, 6.45) is 3.09. The van der Waals surface area contributed by atoms with Crippen molar-refractivity contribution in [1.82, 2.24) is 0 Å². The van der Waals surface area contributed by atoms with Crippen LogP contribution in [0.2, 0.25) is 0 Å². The Morgan fingerprint density at radius 1 is 1.31 bits per heavy atom. The first kappa shape index (κ1) is 11.4. The van der Waals surface area contributed by atoms with Gasteiger partial charge in [0.2, 0.25) is 0 Å². The van der Waals surface area contributed by atoms with Crippen molar-refractivity contribution in [3.63, 3.8) is 0 Å². The van der Waals surface area contributed by atoms with Gasteiger partial charge in [0, 0.05) is 18.8 Å². The van der Waals surface area contributed by atoms with Crippen molar-refractivity contribution in [2.45, 2.75) is 19.3 Å². The molecule has 1 saturated heterocycles. The van der Waals surface area contributed by atoms with Gasteiger partial charge in [0.15, 0.2) is 0 Å². The molecular formula is C12H17FN2O. The molecule has 0 aliphatic carbocycles. The third-order valence-electron chi connectivity index (χ3n) is 2.98. The van der Waals surface area contributed by atoms with Crippen LogP contribution in [0.25, 0.3) is 0 Å². The molecule has 1 heterocycles. The normalized spacial score (nSPS) is 15.8. The monoisotopic (exact) mass is 224 g/mol. The number of hydrogen-bond acceptors (Lipinski definition) is 3. The van der Waals surface area contributed by atoms with Crippen molar-refractivity contribution in [2.75, 3.05) is 24.6 Å². The fourth-order valence-corrected chi connectivity index (χ4v) is 2.17. The van der Waals surface area contributed by atoms with E-state index in [0.717, 1.165) is 30.8 Å². The van der Waals surface area contributed by atoms with Gasteiger partial charge in [-0.25, -0.2) is 10.3 Å². The maximum atomic E-state index is 13.2. The largest absolute Gasteiger partial charge is 0.371 e. The highest BCUT2D eigenvalue weighted by Gasteiger charge is 2.16. The first-order valence-corrected chi connectivity index (χ1v) is 5.66. The number of hydrogen-bond donors (Lipinski definition) is 1. The van der Waals surface area contributed by atoms with Gasteiger partial charge in [-0.05, 0) is 37.0 Å². The summed E-state index contributed by atoms with van der Waals surface area (Å²) in [7, 11) is 0. The van der Waals surface area contributed by atoms with Gasteiger partial charge in [-0.15, -0.1) is 0 Å². The van der Waals surface area contributed by atoms with Crippen LogP contribution in [0.5, 0.6) is 0 Å².